The lowest BCUT2D eigenvalue weighted by Gasteiger charge is -2.04. The van der Waals surface area contributed by atoms with Crippen molar-refractivity contribution in [2.24, 2.45) is 16.7 Å². The Kier molecular flexibility index (Phi) is 1.94. The Bertz CT molecular complexity index is 340. The monoisotopic (exact) mass is 213 g/mol. The van der Waals surface area contributed by atoms with Gasteiger partial charge in [-0.2, -0.15) is 0 Å². The smallest absolute Gasteiger partial charge is 0.224 e. The molecule has 1 aliphatic carbocycles. The summed E-state index contributed by atoms with van der Waals surface area (Å²) in [6, 6.07) is 0. The maximum absolute atomic E-state index is 5.89. The third-order valence-corrected chi connectivity index (χ3v) is 4.56. The molecule has 78 valence electrons. The number of nitrogens with zero attached hydrogens (tertiary/aromatic N) is 3. The normalized spacial score (nSPS) is 23.8. The molecule has 0 unspecified atom stereocenters. The summed E-state index contributed by atoms with van der Waals surface area (Å²) in [5.74, 6) is 0.656. The van der Waals surface area contributed by atoms with E-state index in [1.165, 1.54) is 0 Å². The van der Waals surface area contributed by atoms with Gasteiger partial charge in [0.2, 0.25) is 5.28 Å². The van der Waals surface area contributed by atoms with Crippen molar-refractivity contribution in [1.29, 1.82) is 0 Å². The molecule has 0 amide bonds. The van der Waals surface area contributed by atoms with E-state index >= 15 is 0 Å². The Hall–Kier alpha value is -0.570. The Morgan fingerprint density at radius 1 is 1.36 bits per heavy atom. The molecule has 2 rings (SSSR count). The maximum Gasteiger partial charge on any atom is 0.224 e. The summed E-state index contributed by atoms with van der Waals surface area (Å²) in [5.41, 5.74) is 0.779. The van der Waals surface area contributed by atoms with Crippen molar-refractivity contribution in [2.45, 2.75) is 34.2 Å². The third-order valence-electron chi connectivity index (χ3n) is 4.27. The summed E-state index contributed by atoms with van der Waals surface area (Å²) in [5, 5.41) is 8.04. The Labute approximate surface area is 89.5 Å². The highest BCUT2D eigenvalue weighted by Crippen LogP contribution is 2.68. The van der Waals surface area contributed by atoms with Crippen molar-refractivity contribution in [3.63, 3.8) is 0 Å². The van der Waals surface area contributed by atoms with Gasteiger partial charge in [0.1, 0.15) is 6.33 Å². The molecule has 0 aliphatic heterocycles. The summed E-state index contributed by atoms with van der Waals surface area (Å²) >= 11 is 5.89. The van der Waals surface area contributed by atoms with Crippen LogP contribution in [-0.2, 0) is 6.54 Å². The molecule has 0 radical (unpaired) electrons. The molecule has 0 saturated heterocycles. The molecule has 1 aliphatic rings. The van der Waals surface area contributed by atoms with Crippen LogP contribution >= 0.6 is 11.6 Å². The van der Waals surface area contributed by atoms with E-state index < -0.39 is 0 Å². The fraction of sp³-hybridized carbons (Fsp3) is 0.800. The summed E-state index contributed by atoms with van der Waals surface area (Å²) < 4.78 is 1.92. The fourth-order valence-corrected chi connectivity index (χ4v) is 2.51. The first-order valence-electron chi connectivity index (χ1n) is 4.90. The molecule has 1 saturated carbocycles. The van der Waals surface area contributed by atoms with Crippen molar-refractivity contribution in [2.75, 3.05) is 0 Å². The minimum Gasteiger partial charge on any atom is -0.304 e. The van der Waals surface area contributed by atoms with Crippen LogP contribution in [0.15, 0.2) is 6.33 Å². The highest BCUT2D eigenvalue weighted by atomic mass is 35.5. The number of hydrogen-bond donors (Lipinski definition) is 0. The molecule has 1 heterocycles. The van der Waals surface area contributed by atoms with E-state index in [0.29, 0.717) is 22.0 Å². The van der Waals surface area contributed by atoms with Gasteiger partial charge < -0.3 is 4.57 Å². The predicted molar refractivity (Wildman–Crippen MR) is 56.1 cm³/mol. The molecule has 0 N–H and O–H groups in total. The summed E-state index contributed by atoms with van der Waals surface area (Å²) in [6.45, 7) is 10.1. The fourth-order valence-electron chi connectivity index (χ4n) is 2.35. The van der Waals surface area contributed by atoms with E-state index in [4.69, 9.17) is 11.6 Å². The van der Waals surface area contributed by atoms with Crippen LogP contribution in [0.3, 0.4) is 0 Å². The first kappa shape index (κ1) is 9.97. The number of halogens is 1. The van der Waals surface area contributed by atoms with Crippen LogP contribution in [0.2, 0.25) is 5.28 Å². The third kappa shape index (κ3) is 1.18. The predicted octanol–water partition coefficient (Wildman–Crippen LogP) is 2.61. The first-order chi connectivity index (χ1) is 6.37. The van der Waals surface area contributed by atoms with Gasteiger partial charge in [0, 0.05) is 6.54 Å². The maximum atomic E-state index is 5.89. The van der Waals surface area contributed by atoms with Crippen molar-refractivity contribution < 1.29 is 0 Å². The first-order valence-corrected chi connectivity index (χ1v) is 5.28. The standard InChI is InChI=1S/C10H16ClN3/c1-9(2)7(10(9,3)4)5-14-6-12-13-8(14)11/h6-7H,5H2,1-4H3. The van der Waals surface area contributed by atoms with Crippen molar-refractivity contribution in [3.05, 3.63) is 11.6 Å². The van der Waals surface area contributed by atoms with E-state index in [1.54, 1.807) is 6.33 Å². The van der Waals surface area contributed by atoms with Crippen LogP contribution in [0.1, 0.15) is 27.7 Å². The molecule has 3 nitrogen and oxygen atoms in total. The zero-order valence-corrected chi connectivity index (χ0v) is 9.84. The van der Waals surface area contributed by atoms with Gasteiger partial charge in [-0.1, -0.05) is 27.7 Å². The minimum absolute atomic E-state index is 0.389. The van der Waals surface area contributed by atoms with Crippen LogP contribution in [0.5, 0.6) is 0 Å². The second kappa shape index (κ2) is 2.72. The topological polar surface area (TPSA) is 30.7 Å². The number of aromatic nitrogens is 3. The zero-order chi connectivity index (χ0) is 10.6. The molecule has 0 aromatic carbocycles. The molecule has 14 heavy (non-hydrogen) atoms. The van der Waals surface area contributed by atoms with E-state index in [2.05, 4.69) is 37.9 Å². The average molecular weight is 214 g/mol. The number of rotatable bonds is 2. The lowest BCUT2D eigenvalue weighted by atomic mass is 10.0. The highest BCUT2D eigenvalue weighted by Gasteiger charge is 2.64. The van der Waals surface area contributed by atoms with Crippen molar-refractivity contribution >= 4 is 11.6 Å². The van der Waals surface area contributed by atoms with Gasteiger partial charge in [0.25, 0.3) is 0 Å². The van der Waals surface area contributed by atoms with Gasteiger partial charge >= 0.3 is 0 Å². The van der Waals surface area contributed by atoms with Crippen LogP contribution < -0.4 is 0 Å². The molecular formula is C10H16ClN3. The second-order valence-corrected chi connectivity index (χ2v) is 5.59. The van der Waals surface area contributed by atoms with Gasteiger partial charge in [0.15, 0.2) is 0 Å². The lowest BCUT2D eigenvalue weighted by molar-refractivity contribution is 0.457. The van der Waals surface area contributed by atoms with E-state index in [0.717, 1.165) is 6.54 Å². The largest absolute Gasteiger partial charge is 0.304 e. The average Bonchev–Trinajstić information content (AvgIpc) is 2.46. The summed E-state index contributed by atoms with van der Waals surface area (Å²) in [7, 11) is 0. The summed E-state index contributed by atoms with van der Waals surface area (Å²) in [4.78, 5) is 0. The quantitative estimate of drug-likeness (QED) is 0.756. The van der Waals surface area contributed by atoms with Gasteiger partial charge in [-0.3, -0.25) is 0 Å². The Morgan fingerprint density at radius 2 is 1.93 bits per heavy atom. The van der Waals surface area contributed by atoms with Crippen molar-refractivity contribution in [1.82, 2.24) is 14.8 Å². The van der Waals surface area contributed by atoms with E-state index in [9.17, 15) is 0 Å². The Balaban J connectivity index is 2.13. The highest BCUT2D eigenvalue weighted by molar-refractivity contribution is 6.28. The zero-order valence-electron chi connectivity index (χ0n) is 9.08. The molecule has 0 atom stereocenters. The van der Waals surface area contributed by atoms with Crippen molar-refractivity contribution in [3.8, 4) is 0 Å². The van der Waals surface area contributed by atoms with Gasteiger partial charge in [-0.15, -0.1) is 10.2 Å². The molecule has 4 heteroatoms. The molecule has 0 bridgehead atoms. The molecule has 0 spiro atoms. The minimum atomic E-state index is 0.389. The van der Waals surface area contributed by atoms with E-state index in [1.807, 2.05) is 4.57 Å². The van der Waals surface area contributed by atoms with E-state index in [-0.39, 0.29) is 0 Å². The van der Waals surface area contributed by atoms with Crippen LogP contribution in [0.25, 0.3) is 0 Å². The van der Waals surface area contributed by atoms with Gasteiger partial charge in [-0.25, -0.2) is 0 Å². The molecule has 1 fully saturated rings. The molecular weight excluding hydrogens is 198 g/mol. The van der Waals surface area contributed by atoms with Crippen LogP contribution in [0.4, 0.5) is 0 Å². The SMILES string of the molecule is CC1(C)C(Cn2cnnc2Cl)C1(C)C. The Morgan fingerprint density at radius 3 is 2.29 bits per heavy atom. The van der Waals surface area contributed by atoms with Crippen LogP contribution in [0, 0.1) is 16.7 Å². The number of hydrogen-bond acceptors (Lipinski definition) is 2. The molecule has 1 aromatic rings. The molecule has 1 aromatic heterocycles. The van der Waals surface area contributed by atoms with Crippen LogP contribution in [-0.4, -0.2) is 14.8 Å². The van der Waals surface area contributed by atoms with Gasteiger partial charge in [-0.05, 0) is 28.3 Å². The lowest BCUT2D eigenvalue weighted by Crippen LogP contribution is -2.03. The van der Waals surface area contributed by atoms with Gasteiger partial charge in [0.05, 0.1) is 0 Å². The summed E-state index contributed by atoms with van der Waals surface area (Å²) in [6.07, 6.45) is 1.70. The second-order valence-electron chi connectivity index (χ2n) is 5.25.